The molecular weight excluding hydrogens is 501 g/mol. The smallest absolute Gasteiger partial charge is 0.258 e. The van der Waals surface area contributed by atoms with Crippen molar-refractivity contribution in [2.75, 3.05) is 58.9 Å². The lowest BCUT2D eigenvalue weighted by molar-refractivity contribution is 0.0000254. The van der Waals surface area contributed by atoms with Crippen LogP contribution in [0.25, 0.3) is 0 Å². The fraction of sp³-hybridized carbons (Fsp3) is 0.533. The minimum atomic E-state index is -0.602. The number of nitrogens with zero attached hydrogens (tertiary/aromatic N) is 2. The van der Waals surface area contributed by atoms with Crippen LogP contribution >= 0.6 is 0 Å². The number of ether oxygens (including phenoxy) is 3. The molecule has 0 aromatic heterocycles. The van der Waals surface area contributed by atoms with Crippen molar-refractivity contribution in [3.8, 4) is 5.75 Å². The van der Waals surface area contributed by atoms with Gasteiger partial charge in [-0.3, -0.25) is 14.5 Å². The summed E-state index contributed by atoms with van der Waals surface area (Å²) in [6, 6.07) is 10.8. The first-order chi connectivity index (χ1) is 18.8. The van der Waals surface area contributed by atoms with Gasteiger partial charge in [0.05, 0.1) is 17.2 Å². The van der Waals surface area contributed by atoms with Crippen LogP contribution in [-0.2, 0) is 9.47 Å². The van der Waals surface area contributed by atoms with Crippen molar-refractivity contribution in [3.63, 3.8) is 0 Å². The quantitative estimate of drug-likeness (QED) is 0.608. The van der Waals surface area contributed by atoms with Gasteiger partial charge in [0.25, 0.3) is 11.8 Å². The summed E-state index contributed by atoms with van der Waals surface area (Å²) in [7, 11) is 3.45. The van der Waals surface area contributed by atoms with Crippen molar-refractivity contribution in [1.82, 2.24) is 9.80 Å². The van der Waals surface area contributed by atoms with Gasteiger partial charge in [0.15, 0.2) is 0 Å². The average Bonchev–Trinajstić information content (AvgIpc) is 2.94. The van der Waals surface area contributed by atoms with E-state index in [0.717, 1.165) is 39.1 Å². The topological polar surface area (TPSA) is 80.3 Å². The van der Waals surface area contributed by atoms with E-state index < -0.39 is 11.7 Å². The summed E-state index contributed by atoms with van der Waals surface area (Å²) in [5.41, 5.74) is 0.756. The minimum absolute atomic E-state index is 0.0564. The highest BCUT2D eigenvalue weighted by Crippen LogP contribution is 2.28. The Kier molecular flexibility index (Phi) is 9.94. The fourth-order valence-electron chi connectivity index (χ4n) is 5.28. The Balaban J connectivity index is 1.60. The molecule has 1 N–H and O–H groups in total. The third-order valence-corrected chi connectivity index (χ3v) is 7.79. The number of methoxy groups -OCH3 is 1. The van der Waals surface area contributed by atoms with Gasteiger partial charge in [-0.25, -0.2) is 4.39 Å². The van der Waals surface area contributed by atoms with Gasteiger partial charge >= 0.3 is 0 Å². The van der Waals surface area contributed by atoms with E-state index in [2.05, 4.69) is 24.1 Å². The molecular formula is C30H40FN3O5. The van der Waals surface area contributed by atoms with Gasteiger partial charge in [0.1, 0.15) is 18.2 Å². The van der Waals surface area contributed by atoms with Gasteiger partial charge in [0.2, 0.25) is 0 Å². The summed E-state index contributed by atoms with van der Waals surface area (Å²) in [4.78, 5) is 30.3. The lowest BCUT2D eigenvalue weighted by atomic mass is 9.96. The van der Waals surface area contributed by atoms with Gasteiger partial charge in [-0.1, -0.05) is 19.1 Å². The maximum absolute atomic E-state index is 14.1. The number of fused-ring (bicyclic) bond motifs is 1. The molecule has 0 saturated carbocycles. The Morgan fingerprint density at radius 1 is 1.13 bits per heavy atom. The van der Waals surface area contributed by atoms with Crippen LogP contribution in [0.5, 0.6) is 5.75 Å². The predicted molar refractivity (Wildman–Crippen MR) is 148 cm³/mol. The average molecular weight is 542 g/mol. The van der Waals surface area contributed by atoms with Crippen LogP contribution in [0.3, 0.4) is 0 Å². The highest BCUT2D eigenvalue weighted by atomic mass is 19.1. The molecule has 3 atom stereocenters. The van der Waals surface area contributed by atoms with Crippen LogP contribution in [0.2, 0.25) is 0 Å². The maximum Gasteiger partial charge on any atom is 0.258 e. The summed E-state index contributed by atoms with van der Waals surface area (Å²) in [5.74, 6) is -0.245. The zero-order chi connectivity index (χ0) is 27.9. The zero-order valence-electron chi connectivity index (χ0n) is 23.3. The molecule has 39 heavy (non-hydrogen) atoms. The molecule has 0 spiro atoms. The number of hydrogen-bond acceptors (Lipinski definition) is 6. The first-order valence-corrected chi connectivity index (χ1v) is 13.7. The second-order valence-electron chi connectivity index (χ2n) is 10.8. The number of hydrogen-bond donors (Lipinski definition) is 1. The van der Waals surface area contributed by atoms with E-state index in [9.17, 15) is 14.0 Å². The van der Waals surface area contributed by atoms with Crippen molar-refractivity contribution >= 4 is 17.5 Å². The molecule has 2 aliphatic rings. The number of halogens is 1. The van der Waals surface area contributed by atoms with Crippen molar-refractivity contribution in [3.05, 3.63) is 59.4 Å². The number of benzene rings is 2. The van der Waals surface area contributed by atoms with Crippen LogP contribution in [0.4, 0.5) is 10.1 Å². The first kappa shape index (κ1) is 29.0. The Morgan fingerprint density at radius 2 is 1.87 bits per heavy atom. The van der Waals surface area contributed by atoms with Crippen LogP contribution < -0.4 is 10.1 Å². The number of rotatable bonds is 5. The molecule has 8 nitrogen and oxygen atoms in total. The Hall–Kier alpha value is -3.01. The van der Waals surface area contributed by atoms with Gasteiger partial charge in [0, 0.05) is 64.8 Å². The van der Waals surface area contributed by atoms with E-state index in [1.54, 1.807) is 43.3 Å². The van der Waals surface area contributed by atoms with E-state index in [1.807, 2.05) is 0 Å². The SMILES string of the molecule is CO[C@@H]1CN(C)C(=O)c2ccc(NC(=O)c3ccccc3F)cc2OC[C@@H](C)N(CC2CCOCC2)C[C@@H]1C. The van der Waals surface area contributed by atoms with Gasteiger partial charge in [-0.15, -0.1) is 0 Å². The molecule has 0 aliphatic carbocycles. The second kappa shape index (κ2) is 13.4. The number of carbonyl (C=O) groups excluding carboxylic acids is 2. The monoisotopic (exact) mass is 541 g/mol. The highest BCUT2D eigenvalue weighted by Gasteiger charge is 2.30. The predicted octanol–water partition coefficient (Wildman–Crippen LogP) is 4.31. The third-order valence-electron chi connectivity index (χ3n) is 7.79. The standard InChI is InChI=1S/C30H40FN3O5/c1-20-16-34(17-22-11-13-38-14-12-22)21(2)19-39-27-15-23(32-29(35)24-7-5-6-8-26(24)31)9-10-25(27)30(36)33(3)18-28(20)37-4/h5-10,15,20-22,28H,11-14,16-19H2,1-4H3,(H,32,35)/t20-,21+,28+/m0/s1. The Morgan fingerprint density at radius 3 is 2.59 bits per heavy atom. The van der Waals surface area contributed by atoms with Gasteiger partial charge < -0.3 is 24.4 Å². The van der Waals surface area contributed by atoms with Crippen LogP contribution in [0, 0.1) is 17.7 Å². The summed E-state index contributed by atoms with van der Waals surface area (Å²) >= 11 is 0. The van der Waals surface area contributed by atoms with Crippen molar-refractivity contribution < 1.29 is 28.2 Å². The third kappa shape index (κ3) is 7.35. The summed E-state index contributed by atoms with van der Waals surface area (Å²) in [5, 5.41) is 2.73. The number of nitrogens with one attached hydrogen (secondary N) is 1. The summed E-state index contributed by atoms with van der Waals surface area (Å²) in [6.45, 7) is 8.44. The molecule has 0 radical (unpaired) electrons. The highest BCUT2D eigenvalue weighted by molar-refractivity contribution is 6.05. The molecule has 2 aromatic carbocycles. The number of amides is 2. The fourth-order valence-corrected chi connectivity index (χ4v) is 5.28. The summed E-state index contributed by atoms with van der Waals surface area (Å²) in [6.07, 6.45) is 1.95. The molecule has 2 amide bonds. The lowest BCUT2D eigenvalue weighted by Gasteiger charge is -2.38. The molecule has 0 unspecified atom stereocenters. The van der Waals surface area contributed by atoms with Crippen LogP contribution in [0.1, 0.15) is 47.4 Å². The van der Waals surface area contributed by atoms with E-state index in [1.165, 1.54) is 18.2 Å². The van der Waals surface area contributed by atoms with Crippen molar-refractivity contribution in [2.45, 2.75) is 38.8 Å². The zero-order valence-corrected chi connectivity index (χ0v) is 23.3. The van der Waals surface area contributed by atoms with Gasteiger partial charge in [-0.2, -0.15) is 0 Å². The number of anilines is 1. The normalized spacial score (nSPS) is 23.8. The van der Waals surface area contributed by atoms with Crippen molar-refractivity contribution in [2.24, 2.45) is 11.8 Å². The van der Waals surface area contributed by atoms with Gasteiger partial charge in [-0.05, 0) is 55.9 Å². The molecule has 1 fully saturated rings. The molecule has 212 valence electrons. The maximum atomic E-state index is 14.1. The Labute approximate surface area is 230 Å². The van der Waals surface area contributed by atoms with E-state index in [0.29, 0.717) is 36.1 Å². The molecule has 2 aromatic rings. The molecule has 2 aliphatic heterocycles. The largest absolute Gasteiger partial charge is 0.491 e. The number of likely N-dealkylation sites (N-methyl/N-ethyl adjacent to an activating group) is 1. The molecule has 9 heteroatoms. The lowest BCUT2D eigenvalue weighted by Crippen LogP contribution is -2.48. The molecule has 1 saturated heterocycles. The van der Waals surface area contributed by atoms with E-state index >= 15 is 0 Å². The molecule has 0 bridgehead atoms. The first-order valence-electron chi connectivity index (χ1n) is 13.7. The summed E-state index contributed by atoms with van der Waals surface area (Å²) < 4.78 is 31.8. The molecule has 4 rings (SSSR count). The number of carbonyl (C=O) groups is 2. The second-order valence-corrected chi connectivity index (χ2v) is 10.8. The Bertz CT molecular complexity index is 1140. The van der Waals surface area contributed by atoms with Crippen LogP contribution in [0.15, 0.2) is 42.5 Å². The molecule has 2 heterocycles. The van der Waals surface area contributed by atoms with E-state index in [4.69, 9.17) is 14.2 Å². The van der Waals surface area contributed by atoms with E-state index in [-0.39, 0.29) is 29.5 Å². The van der Waals surface area contributed by atoms with Crippen LogP contribution in [-0.4, -0.2) is 87.4 Å². The van der Waals surface area contributed by atoms with Crippen molar-refractivity contribution in [1.29, 1.82) is 0 Å². The minimum Gasteiger partial charge on any atom is -0.491 e.